The average Bonchev–Trinajstić information content (AvgIpc) is 2.87. The molecule has 1 aliphatic carbocycles. The largest absolute Gasteiger partial charge is 0.467 e. The molecule has 2 amide bonds. The van der Waals surface area contributed by atoms with E-state index < -0.39 is 6.10 Å². The standard InChI is InChI=1S/C13H20N2O3/c1-2-4-9-7-10(9)15-13(17)14-8-11(16)12-5-3-6-18-12/h3,5-6,9-11,16H,2,4,7-8H2,1H3,(H2,14,15,17). The predicted molar refractivity (Wildman–Crippen MR) is 67.0 cm³/mol. The van der Waals surface area contributed by atoms with Crippen molar-refractivity contribution < 1.29 is 14.3 Å². The molecule has 0 saturated heterocycles. The minimum Gasteiger partial charge on any atom is -0.467 e. The second-order valence-corrected chi connectivity index (χ2v) is 4.78. The van der Waals surface area contributed by atoms with Gasteiger partial charge in [0.1, 0.15) is 11.9 Å². The molecule has 3 atom stereocenters. The van der Waals surface area contributed by atoms with Crippen molar-refractivity contribution in [1.29, 1.82) is 0 Å². The highest BCUT2D eigenvalue weighted by Gasteiger charge is 2.37. The van der Waals surface area contributed by atoms with Crippen molar-refractivity contribution in [2.75, 3.05) is 6.54 Å². The van der Waals surface area contributed by atoms with Gasteiger partial charge < -0.3 is 20.2 Å². The summed E-state index contributed by atoms with van der Waals surface area (Å²) in [6.07, 6.45) is 4.10. The molecule has 0 bridgehead atoms. The Morgan fingerprint density at radius 2 is 2.50 bits per heavy atom. The van der Waals surface area contributed by atoms with Gasteiger partial charge >= 0.3 is 6.03 Å². The summed E-state index contributed by atoms with van der Waals surface area (Å²) in [4.78, 5) is 11.6. The Bertz CT molecular complexity index is 378. The van der Waals surface area contributed by atoms with E-state index in [9.17, 15) is 9.90 Å². The number of urea groups is 1. The number of carbonyl (C=O) groups is 1. The lowest BCUT2D eigenvalue weighted by Gasteiger charge is -2.10. The highest BCUT2D eigenvalue weighted by molar-refractivity contribution is 5.74. The first-order valence-electron chi connectivity index (χ1n) is 6.46. The summed E-state index contributed by atoms with van der Waals surface area (Å²) in [6.45, 7) is 2.31. The van der Waals surface area contributed by atoms with E-state index in [1.807, 2.05) is 0 Å². The summed E-state index contributed by atoms with van der Waals surface area (Å²) >= 11 is 0. The Balaban J connectivity index is 1.63. The third kappa shape index (κ3) is 3.50. The smallest absolute Gasteiger partial charge is 0.315 e. The average molecular weight is 252 g/mol. The number of carbonyl (C=O) groups excluding carboxylic acids is 1. The van der Waals surface area contributed by atoms with Gasteiger partial charge in [-0.1, -0.05) is 13.3 Å². The van der Waals surface area contributed by atoms with Crippen LogP contribution in [0.2, 0.25) is 0 Å². The highest BCUT2D eigenvalue weighted by Crippen LogP contribution is 2.34. The molecule has 1 aromatic rings. The van der Waals surface area contributed by atoms with Gasteiger partial charge in [-0.05, 0) is 30.9 Å². The second-order valence-electron chi connectivity index (χ2n) is 4.78. The summed E-state index contributed by atoms with van der Waals surface area (Å²) in [5.74, 6) is 1.10. The van der Waals surface area contributed by atoms with Crippen molar-refractivity contribution in [3.8, 4) is 0 Å². The van der Waals surface area contributed by atoms with Gasteiger partial charge in [-0.3, -0.25) is 0 Å². The maximum absolute atomic E-state index is 11.6. The minimum absolute atomic E-state index is 0.157. The fourth-order valence-corrected chi connectivity index (χ4v) is 2.10. The molecule has 1 aromatic heterocycles. The first kappa shape index (κ1) is 13.0. The molecular formula is C13H20N2O3. The molecule has 1 heterocycles. The topological polar surface area (TPSA) is 74.5 Å². The van der Waals surface area contributed by atoms with Crippen LogP contribution in [-0.4, -0.2) is 23.7 Å². The SMILES string of the molecule is CCCC1CC1NC(=O)NCC(O)c1ccco1. The van der Waals surface area contributed by atoms with Crippen LogP contribution in [0.1, 0.15) is 38.1 Å². The van der Waals surface area contributed by atoms with Crippen LogP contribution in [0.5, 0.6) is 0 Å². The minimum atomic E-state index is -0.795. The van der Waals surface area contributed by atoms with E-state index >= 15 is 0 Å². The summed E-state index contributed by atoms with van der Waals surface area (Å²) < 4.78 is 5.05. The van der Waals surface area contributed by atoms with E-state index in [0.717, 1.165) is 12.8 Å². The van der Waals surface area contributed by atoms with E-state index in [1.54, 1.807) is 12.1 Å². The van der Waals surface area contributed by atoms with Gasteiger partial charge in [-0.2, -0.15) is 0 Å². The van der Waals surface area contributed by atoms with Crippen molar-refractivity contribution in [1.82, 2.24) is 10.6 Å². The lowest BCUT2D eigenvalue weighted by molar-refractivity contribution is 0.148. The number of furan rings is 1. The van der Waals surface area contributed by atoms with E-state index in [-0.39, 0.29) is 12.6 Å². The molecule has 18 heavy (non-hydrogen) atoms. The fourth-order valence-electron chi connectivity index (χ4n) is 2.10. The zero-order valence-corrected chi connectivity index (χ0v) is 10.6. The zero-order chi connectivity index (χ0) is 13.0. The summed E-state index contributed by atoms with van der Waals surface area (Å²) in [6, 6.07) is 3.48. The number of hydrogen-bond donors (Lipinski definition) is 3. The van der Waals surface area contributed by atoms with Gasteiger partial charge in [0, 0.05) is 6.04 Å². The molecule has 0 aliphatic heterocycles. The predicted octanol–water partition coefficient (Wildman–Crippen LogP) is 1.80. The molecule has 1 fully saturated rings. The van der Waals surface area contributed by atoms with Crippen molar-refractivity contribution in [3.63, 3.8) is 0 Å². The molecule has 0 spiro atoms. The zero-order valence-electron chi connectivity index (χ0n) is 10.6. The molecular weight excluding hydrogens is 232 g/mol. The molecule has 3 unspecified atom stereocenters. The number of aliphatic hydroxyl groups excluding tert-OH is 1. The van der Waals surface area contributed by atoms with Crippen LogP contribution in [0.25, 0.3) is 0 Å². The van der Waals surface area contributed by atoms with E-state index in [1.165, 1.54) is 12.7 Å². The normalized spacial score (nSPS) is 23.4. The Morgan fingerprint density at radius 3 is 3.17 bits per heavy atom. The van der Waals surface area contributed by atoms with Crippen molar-refractivity contribution in [2.24, 2.45) is 5.92 Å². The number of hydrogen-bond acceptors (Lipinski definition) is 3. The number of amides is 2. The van der Waals surface area contributed by atoms with Crippen LogP contribution < -0.4 is 10.6 Å². The number of aliphatic hydroxyl groups is 1. The maximum atomic E-state index is 11.6. The molecule has 3 N–H and O–H groups in total. The Kier molecular flexibility index (Phi) is 4.25. The summed E-state index contributed by atoms with van der Waals surface area (Å²) in [7, 11) is 0. The lowest BCUT2D eigenvalue weighted by Crippen LogP contribution is -2.39. The van der Waals surface area contributed by atoms with Gasteiger partial charge in [0.2, 0.25) is 0 Å². The van der Waals surface area contributed by atoms with E-state index in [2.05, 4.69) is 17.6 Å². The Morgan fingerprint density at radius 1 is 1.67 bits per heavy atom. The van der Waals surface area contributed by atoms with Crippen LogP contribution in [0.15, 0.2) is 22.8 Å². The molecule has 1 saturated carbocycles. The third-order valence-electron chi connectivity index (χ3n) is 3.23. The molecule has 0 radical (unpaired) electrons. The monoisotopic (exact) mass is 252 g/mol. The number of nitrogens with one attached hydrogen (secondary N) is 2. The van der Waals surface area contributed by atoms with Gasteiger partial charge in [0.25, 0.3) is 0 Å². The Hall–Kier alpha value is -1.49. The lowest BCUT2D eigenvalue weighted by atomic mass is 10.2. The van der Waals surface area contributed by atoms with Crippen molar-refractivity contribution in [3.05, 3.63) is 24.2 Å². The summed E-state index contributed by atoms with van der Waals surface area (Å²) in [5, 5.41) is 15.3. The van der Waals surface area contributed by atoms with E-state index in [0.29, 0.717) is 17.7 Å². The molecule has 2 rings (SSSR count). The van der Waals surface area contributed by atoms with Gasteiger partial charge in [-0.25, -0.2) is 4.79 Å². The van der Waals surface area contributed by atoms with Crippen LogP contribution in [0.4, 0.5) is 4.79 Å². The van der Waals surface area contributed by atoms with Crippen LogP contribution in [-0.2, 0) is 0 Å². The van der Waals surface area contributed by atoms with Crippen LogP contribution >= 0.6 is 0 Å². The Labute approximate surface area is 107 Å². The summed E-state index contributed by atoms with van der Waals surface area (Å²) in [5.41, 5.74) is 0. The molecule has 5 nitrogen and oxygen atoms in total. The van der Waals surface area contributed by atoms with Crippen LogP contribution in [0, 0.1) is 5.92 Å². The first-order valence-corrected chi connectivity index (χ1v) is 6.46. The van der Waals surface area contributed by atoms with Gasteiger partial charge in [-0.15, -0.1) is 0 Å². The number of rotatable bonds is 6. The van der Waals surface area contributed by atoms with Crippen molar-refractivity contribution in [2.45, 2.75) is 38.3 Å². The van der Waals surface area contributed by atoms with Crippen molar-refractivity contribution >= 4 is 6.03 Å². The van der Waals surface area contributed by atoms with Gasteiger partial charge in [0.15, 0.2) is 0 Å². The van der Waals surface area contributed by atoms with Gasteiger partial charge in [0.05, 0.1) is 12.8 Å². The molecule has 5 heteroatoms. The fraction of sp³-hybridized carbons (Fsp3) is 0.615. The second kappa shape index (κ2) is 5.91. The molecule has 0 aromatic carbocycles. The first-order chi connectivity index (χ1) is 8.70. The highest BCUT2D eigenvalue weighted by atomic mass is 16.4. The molecule has 1 aliphatic rings. The maximum Gasteiger partial charge on any atom is 0.315 e. The quantitative estimate of drug-likeness (QED) is 0.722. The third-order valence-corrected chi connectivity index (χ3v) is 3.23. The van der Waals surface area contributed by atoms with Crippen LogP contribution in [0.3, 0.4) is 0 Å². The van der Waals surface area contributed by atoms with E-state index in [4.69, 9.17) is 4.42 Å². The molecule has 100 valence electrons.